The minimum Gasteiger partial charge on any atom is -0.481 e. The third-order valence-electron chi connectivity index (χ3n) is 1.37. The maximum absolute atomic E-state index is 11.3. The van der Waals surface area contributed by atoms with E-state index >= 15 is 0 Å². The molecule has 0 aromatic heterocycles. The molecule has 16 heavy (non-hydrogen) atoms. The molecule has 0 atom stereocenters. The van der Waals surface area contributed by atoms with Crippen molar-refractivity contribution in [1.82, 2.24) is 4.90 Å². The van der Waals surface area contributed by atoms with Crippen molar-refractivity contribution >= 4 is 12.1 Å². The fourth-order valence-corrected chi connectivity index (χ4v) is 0.694. The molecule has 0 spiro atoms. The van der Waals surface area contributed by atoms with Crippen LogP contribution in [0, 0.1) is 0 Å². The van der Waals surface area contributed by atoms with E-state index in [4.69, 9.17) is 9.84 Å². The number of hydrogen-bond acceptors (Lipinski definition) is 3. The minimum atomic E-state index is -0.930. The molecule has 0 rings (SSSR count). The van der Waals surface area contributed by atoms with Crippen molar-refractivity contribution in [1.29, 1.82) is 0 Å². The summed E-state index contributed by atoms with van der Waals surface area (Å²) in [6.45, 7) is 5.44. The summed E-state index contributed by atoms with van der Waals surface area (Å²) in [5, 5.41) is 8.40. The highest BCUT2D eigenvalue weighted by atomic mass is 16.6. The van der Waals surface area contributed by atoms with Crippen molar-refractivity contribution in [2.75, 3.05) is 13.6 Å². The lowest BCUT2D eigenvalue weighted by molar-refractivity contribution is -0.137. The monoisotopic (exact) mass is 235 g/mol. The zero-order valence-corrected chi connectivity index (χ0v) is 9.03. The van der Waals surface area contributed by atoms with E-state index < -0.39 is 17.7 Å². The molecule has 0 heterocycles. The van der Waals surface area contributed by atoms with Gasteiger partial charge in [0.2, 0.25) is 0 Å². The van der Waals surface area contributed by atoms with Gasteiger partial charge in [0, 0.05) is 13.6 Å². The maximum Gasteiger partial charge on any atom is 0.410 e. The molecule has 0 aliphatic rings. The van der Waals surface area contributed by atoms with Gasteiger partial charge in [-0.2, -0.15) is 0 Å². The number of carboxylic acid groups (broad SMARTS) is 1. The summed E-state index contributed by atoms with van der Waals surface area (Å²) in [5.41, 5.74) is -0.547. The van der Waals surface area contributed by atoms with Crippen LogP contribution in [-0.4, -0.2) is 41.3 Å². The van der Waals surface area contributed by atoms with Crippen LogP contribution >= 0.6 is 0 Å². The van der Waals surface area contributed by atoms with Crippen molar-refractivity contribution in [3.05, 3.63) is 0 Å². The first-order valence-corrected chi connectivity index (χ1v) is 4.38. The molecule has 0 aliphatic carbocycles. The van der Waals surface area contributed by atoms with Crippen LogP contribution in [0.15, 0.2) is 0 Å². The van der Waals surface area contributed by atoms with Crippen LogP contribution in [0.25, 0.3) is 0 Å². The average Bonchev–Trinajstić information content (AvgIpc) is 1.96. The van der Waals surface area contributed by atoms with Gasteiger partial charge in [0.1, 0.15) is 5.60 Å². The van der Waals surface area contributed by atoms with Crippen molar-refractivity contribution in [2.45, 2.75) is 47.6 Å². The van der Waals surface area contributed by atoms with Crippen LogP contribution in [0.3, 0.4) is 0 Å². The number of aliphatic carboxylic acids is 1. The lowest BCUT2D eigenvalue weighted by Gasteiger charge is -2.24. The van der Waals surface area contributed by atoms with Gasteiger partial charge in [-0.1, -0.05) is 14.9 Å². The van der Waals surface area contributed by atoms with Crippen LogP contribution in [0.5, 0.6) is 0 Å². The Labute approximate surface area is 98.4 Å². The molecular weight excluding hydrogens is 210 g/mol. The van der Waals surface area contributed by atoms with Gasteiger partial charge < -0.3 is 14.7 Å². The van der Waals surface area contributed by atoms with E-state index in [9.17, 15) is 9.59 Å². The van der Waals surface area contributed by atoms with Crippen LogP contribution in [0.1, 0.15) is 42.0 Å². The Hall–Kier alpha value is -1.26. The zero-order valence-electron chi connectivity index (χ0n) is 9.03. The van der Waals surface area contributed by atoms with Gasteiger partial charge in [0.25, 0.3) is 0 Å². The molecule has 1 N–H and O–H groups in total. The summed E-state index contributed by atoms with van der Waals surface area (Å²) in [7, 11) is 1.51. The predicted octanol–water partition coefficient (Wildman–Crippen LogP) is 2.60. The second-order valence-electron chi connectivity index (χ2n) is 4.05. The number of nitrogens with zero attached hydrogens (tertiary/aromatic N) is 1. The molecular formula is C11H25NO4. The van der Waals surface area contributed by atoms with E-state index in [0.29, 0.717) is 0 Å². The number of amides is 1. The standard InChI is InChI=1S/C9H17NO4.2CH4/c1-9(2,3)14-8(13)10(4)6-5-7(11)12;;/h5-6H2,1-4H3,(H,11,12);2*1H4. The largest absolute Gasteiger partial charge is 0.481 e. The van der Waals surface area contributed by atoms with Crippen LogP contribution in [-0.2, 0) is 9.53 Å². The summed E-state index contributed by atoms with van der Waals surface area (Å²) in [6.07, 6.45) is -0.575. The van der Waals surface area contributed by atoms with Gasteiger partial charge in [0.05, 0.1) is 6.42 Å². The first-order chi connectivity index (χ1) is 6.22. The molecule has 0 fully saturated rings. The second kappa shape index (κ2) is 7.96. The third-order valence-corrected chi connectivity index (χ3v) is 1.37. The predicted molar refractivity (Wildman–Crippen MR) is 64.6 cm³/mol. The maximum atomic E-state index is 11.3. The van der Waals surface area contributed by atoms with Crippen molar-refractivity contribution in [2.24, 2.45) is 0 Å². The molecule has 0 bridgehead atoms. The normalized spacial score (nSPS) is 9.50. The molecule has 0 radical (unpaired) electrons. The quantitative estimate of drug-likeness (QED) is 0.816. The number of rotatable bonds is 3. The van der Waals surface area contributed by atoms with Gasteiger partial charge in [0.15, 0.2) is 0 Å². The van der Waals surface area contributed by atoms with Gasteiger partial charge >= 0.3 is 12.1 Å². The Morgan fingerprint density at radius 2 is 1.69 bits per heavy atom. The first-order valence-electron chi connectivity index (χ1n) is 4.38. The van der Waals surface area contributed by atoms with E-state index in [1.807, 2.05) is 0 Å². The highest BCUT2D eigenvalue weighted by molar-refractivity contribution is 5.70. The number of carbonyl (C=O) groups excluding carboxylic acids is 1. The average molecular weight is 235 g/mol. The van der Waals surface area contributed by atoms with E-state index in [-0.39, 0.29) is 27.8 Å². The summed E-state index contributed by atoms with van der Waals surface area (Å²) in [6, 6.07) is 0. The Morgan fingerprint density at radius 1 is 1.25 bits per heavy atom. The van der Waals surface area contributed by atoms with Crippen molar-refractivity contribution in [3.8, 4) is 0 Å². The Kier molecular flexibility index (Phi) is 10.0. The van der Waals surface area contributed by atoms with Crippen molar-refractivity contribution < 1.29 is 19.4 Å². The summed E-state index contributed by atoms with van der Waals surface area (Å²) < 4.78 is 5.03. The fraction of sp³-hybridized carbons (Fsp3) is 0.818. The number of ether oxygens (including phenoxy) is 1. The summed E-state index contributed by atoms with van der Waals surface area (Å²) in [5.74, 6) is -0.930. The highest BCUT2D eigenvalue weighted by Crippen LogP contribution is 2.08. The topological polar surface area (TPSA) is 66.8 Å². The number of carbonyl (C=O) groups is 2. The van der Waals surface area contributed by atoms with Gasteiger partial charge in [-0.25, -0.2) is 4.79 Å². The van der Waals surface area contributed by atoms with E-state index in [1.165, 1.54) is 11.9 Å². The van der Waals surface area contributed by atoms with Crippen LogP contribution < -0.4 is 0 Å². The molecule has 0 aromatic rings. The van der Waals surface area contributed by atoms with Crippen molar-refractivity contribution in [3.63, 3.8) is 0 Å². The highest BCUT2D eigenvalue weighted by Gasteiger charge is 2.19. The van der Waals surface area contributed by atoms with E-state index in [0.717, 1.165) is 0 Å². The Morgan fingerprint density at radius 3 is 2.00 bits per heavy atom. The molecule has 0 unspecified atom stereocenters. The van der Waals surface area contributed by atoms with Gasteiger partial charge in [-0.3, -0.25) is 4.79 Å². The molecule has 1 amide bonds. The molecule has 98 valence electrons. The first kappa shape index (κ1) is 20.2. The molecule has 0 aliphatic heterocycles. The minimum absolute atomic E-state index is 0. The fourth-order valence-electron chi connectivity index (χ4n) is 0.694. The Bertz CT molecular complexity index is 221. The van der Waals surface area contributed by atoms with Gasteiger partial charge in [-0.15, -0.1) is 0 Å². The smallest absolute Gasteiger partial charge is 0.410 e. The molecule has 5 nitrogen and oxygen atoms in total. The molecule has 0 aromatic carbocycles. The third kappa shape index (κ3) is 10.8. The molecule has 0 saturated carbocycles. The number of hydrogen-bond donors (Lipinski definition) is 1. The molecule has 5 heteroatoms. The lowest BCUT2D eigenvalue weighted by atomic mass is 10.2. The van der Waals surface area contributed by atoms with E-state index in [1.54, 1.807) is 20.8 Å². The van der Waals surface area contributed by atoms with Crippen LogP contribution in [0.4, 0.5) is 4.79 Å². The molecule has 0 saturated heterocycles. The lowest BCUT2D eigenvalue weighted by Crippen LogP contribution is -2.35. The number of carboxylic acids is 1. The Balaban J connectivity index is -0.000000845. The summed E-state index contributed by atoms with van der Waals surface area (Å²) >= 11 is 0. The van der Waals surface area contributed by atoms with Gasteiger partial charge in [-0.05, 0) is 20.8 Å². The second-order valence-corrected chi connectivity index (χ2v) is 4.05. The van der Waals surface area contributed by atoms with E-state index in [2.05, 4.69) is 0 Å². The van der Waals surface area contributed by atoms with Crippen LogP contribution in [0.2, 0.25) is 0 Å². The zero-order chi connectivity index (χ0) is 11.4. The summed E-state index contributed by atoms with van der Waals surface area (Å²) in [4.78, 5) is 22.8. The SMILES string of the molecule is C.C.CN(CCC(=O)O)C(=O)OC(C)(C)C.